The van der Waals surface area contributed by atoms with Gasteiger partial charge in [0, 0.05) is 0 Å². The SMILES string of the molecule is P[c-]1cccc1.[Ru+2].c1cc[cH-]c1. The molecule has 64 valence electrons. The fourth-order valence-electron chi connectivity index (χ4n) is 0.710. The minimum atomic E-state index is 0. The molecule has 0 bridgehead atoms. The molecule has 0 N–H and O–H groups in total. The maximum atomic E-state index is 2.62. The number of rotatable bonds is 0. The van der Waals surface area contributed by atoms with Crippen molar-refractivity contribution in [2.75, 3.05) is 0 Å². The zero-order chi connectivity index (χ0) is 7.94. The molecule has 1 unspecified atom stereocenters. The van der Waals surface area contributed by atoms with Crippen LogP contribution in [0.3, 0.4) is 0 Å². The molecular weight excluding hydrogens is 252 g/mol. The molecule has 0 aliphatic rings. The molecule has 2 rings (SSSR count). The van der Waals surface area contributed by atoms with E-state index in [1.54, 1.807) is 0 Å². The van der Waals surface area contributed by atoms with Crippen molar-refractivity contribution in [2.45, 2.75) is 0 Å². The summed E-state index contributed by atoms with van der Waals surface area (Å²) in [6.45, 7) is 0. The Bertz CT molecular complexity index is 228. The van der Waals surface area contributed by atoms with E-state index in [9.17, 15) is 0 Å². The first-order chi connectivity index (χ1) is 5.39. The van der Waals surface area contributed by atoms with Crippen LogP contribution in [0.2, 0.25) is 0 Å². The van der Waals surface area contributed by atoms with Gasteiger partial charge >= 0.3 is 19.5 Å². The maximum absolute atomic E-state index is 2.62. The van der Waals surface area contributed by atoms with Crippen molar-refractivity contribution in [3.05, 3.63) is 54.6 Å². The van der Waals surface area contributed by atoms with Gasteiger partial charge in [-0.25, -0.2) is 24.3 Å². The fourth-order valence-corrected chi connectivity index (χ4v) is 0.932. The first kappa shape index (κ1) is 11.8. The Hall–Kier alpha value is -0.247. The van der Waals surface area contributed by atoms with Crippen LogP contribution in [0.4, 0.5) is 0 Å². The van der Waals surface area contributed by atoms with Gasteiger partial charge in [0.25, 0.3) is 0 Å². The molecule has 0 saturated heterocycles. The predicted molar refractivity (Wildman–Crippen MR) is 53.4 cm³/mol. The van der Waals surface area contributed by atoms with Crippen molar-refractivity contribution in [2.24, 2.45) is 0 Å². The van der Waals surface area contributed by atoms with Gasteiger partial charge in [0.1, 0.15) is 0 Å². The summed E-state index contributed by atoms with van der Waals surface area (Å²) in [4.78, 5) is 0. The normalized spacial score (nSPS) is 7.75. The molecule has 2 heteroatoms. The summed E-state index contributed by atoms with van der Waals surface area (Å²) in [7, 11) is 2.62. The zero-order valence-corrected chi connectivity index (χ0v) is 9.52. The molecule has 0 amide bonds. The topological polar surface area (TPSA) is 0 Å². The Kier molecular flexibility index (Phi) is 7.25. The second kappa shape index (κ2) is 7.41. The van der Waals surface area contributed by atoms with Gasteiger partial charge in [-0.15, -0.1) is 5.30 Å². The van der Waals surface area contributed by atoms with E-state index >= 15 is 0 Å². The monoisotopic (exact) mass is 264 g/mol. The second-order valence-corrected chi connectivity index (χ2v) is 2.85. The standard InChI is InChI=1S/C5H6P.C5H5.Ru/c6-5-3-1-2-4-5;1-2-4-5-3-1;/h1-4H,6H2;1-5H;/q2*-1;+2. The van der Waals surface area contributed by atoms with Crippen molar-refractivity contribution in [3.8, 4) is 0 Å². The zero-order valence-electron chi connectivity index (χ0n) is 6.63. The molecule has 1 atom stereocenters. The minimum Gasteiger partial charge on any atom is -0.214 e. The van der Waals surface area contributed by atoms with Gasteiger partial charge in [0.15, 0.2) is 0 Å². The molecule has 0 aliphatic heterocycles. The van der Waals surface area contributed by atoms with Crippen LogP contribution in [-0.2, 0) is 19.5 Å². The van der Waals surface area contributed by atoms with Crippen LogP contribution in [0.15, 0.2) is 54.6 Å². The summed E-state index contributed by atoms with van der Waals surface area (Å²) in [5.74, 6) is 0. The molecule has 0 radical (unpaired) electrons. The molecule has 0 nitrogen and oxygen atoms in total. The number of hydrogen-bond donors (Lipinski definition) is 0. The summed E-state index contributed by atoms with van der Waals surface area (Å²) in [6, 6.07) is 18.1. The van der Waals surface area contributed by atoms with E-state index in [0.29, 0.717) is 0 Å². The van der Waals surface area contributed by atoms with E-state index in [2.05, 4.69) is 9.24 Å². The third kappa shape index (κ3) is 5.41. The minimum absolute atomic E-state index is 0. The van der Waals surface area contributed by atoms with Crippen LogP contribution in [0, 0.1) is 0 Å². The van der Waals surface area contributed by atoms with Gasteiger partial charge in [0.05, 0.1) is 0 Å². The molecule has 0 heterocycles. The molecule has 2 aromatic rings. The van der Waals surface area contributed by atoms with Gasteiger partial charge in [-0.2, -0.15) is 39.6 Å². The number of hydrogen-bond acceptors (Lipinski definition) is 0. The van der Waals surface area contributed by atoms with Crippen LogP contribution in [0.5, 0.6) is 0 Å². The molecule has 12 heavy (non-hydrogen) atoms. The van der Waals surface area contributed by atoms with Crippen LogP contribution in [0.25, 0.3) is 0 Å². The van der Waals surface area contributed by atoms with Gasteiger partial charge in [-0.1, -0.05) is 0 Å². The first-order valence-corrected chi connectivity index (χ1v) is 4.11. The van der Waals surface area contributed by atoms with E-state index in [-0.39, 0.29) is 19.5 Å². The summed E-state index contributed by atoms with van der Waals surface area (Å²) in [5.41, 5.74) is 0. The smallest absolute Gasteiger partial charge is 0.214 e. The van der Waals surface area contributed by atoms with Gasteiger partial charge in [0.2, 0.25) is 0 Å². The molecule has 0 fully saturated rings. The Morgan fingerprint density at radius 3 is 1.58 bits per heavy atom. The molecule has 0 saturated carbocycles. The van der Waals surface area contributed by atoms with Crippen molar-refractivity contribution in [3.63, 3.8) is 0 Å². The average molecular weight is 263 g/mol. The van der Waals surface area contributed by atoms with E-state index in [1.165, 1.54) is 5.30 Å². The molecule has 0 spiro atoms. The van der Waals surface area contributed by atoms with Crippen LogP contribution >= 0.6 is 9.24 Å². The summed E-state index contributed by atoms with van der Waals surface area (Å²) in [5, 5.41) is 1.26. The van der Waals surface area contributed by atoms with Crippen molar-refractivity contribution in [1.29, 1.82) is 0 Å². The molecule has 2 aromatic carbocycles. The first-order valence-electron chi connectivity index (χ1n) is 3.53. The van der Waals surface area contributed by atoms with Crippen molar-refractivity contribution in [1.82, 2.24) is 0 Å². The summed E-state index contributed by atoms with van der Waals surface area (Å²) < 4.78 is 0. The second-order valence-electron chi connectivity index (χ2n) is 2.18. The maximum Gasteiger partial charge on any atom is 2.00 e. The quantitative estimate of drug-likeness (QED) is 0.389. The van der Waals surface area contributed by atoms with Crippen LogP contribution < -0.4 is 5.30 Å². The molecule has 0 aromatic heterocycles. The Labute approximate surface area is 88.7 Å². The Morgan fingerprint density at radius 2 is 1.42 bits per heavy atom. The van der Waals surface area contributed by atoms with Gasteiger partial charge in [-0.05, 0) is 0 Å². The third-order valence-corrected chi connectivity index (χ3v) is 1.63. The average Bonchev–Trinajstić information content (AvgIpc) is 2.57. The summed E-state index contributed by atoms with van der Waals surface area (Å²) in [6.07, 6.45) is 0. The predicted octanol–water partition coefficient (Wildman–Crippen LogP) is 2.31. The van der Waals surface area contributed by atoms with Crippen molar-refractivity contribution >= 4 is 14.5 Å². The van der Waals surface area contributed by atoms with Crippen molar-refractivity contribution < 1.29 is 19.5 Å². The molecule has 0 aliphatic carbocycles. The van der Waals surface area contributed by atoms with Gasteiger partial charge in [-0.3, -0.25) is 0 Å². The Balaban J connectivity index is 0.000000189. The van der Waals surface area contributed by atoms with Crippen LogP contribution in [-0.4, -0.2) is 0 Å². The summed E-state index contributed by atoms with van der Waals surface area (Å²) >= 11 is 0. The molecular formula is C10H11PRu. The largest absolute Gasteiger partial charge is 2.00 e. The van der Waals surface area contributed by atoms with Gasteiger partial charge < -0.3 is 0 Å². The van der Waals surface area contributed by atoms with E-state index in [0.717, 1.165) is 0 Å². The van der Waals surface area contributed by atoms with Crippen LogP contribution in [0.1, 0.15) is 0 Å². The Morgan fingerprint density at radius 1 is 0.917 bits per heavy atom. The van der Waals surface area contributed by atoms with E-state index in [4.69, 9.17) is 0 Å². The third-order valence-electron chi connectivity index (χ3n) is 1.24. The fraction of sp³-hybridized carbons (Fsp3) is 0. The van der Waals surface area contributed by atoms with E-state index < -0.39 is 0 Å². The van der Waals surface area contributed by atoms with E-state index in [1.807, 2.05) is 54.6 Å².